The molecule has 0 spiro atoms. The monoisotopic (exact) mass is 292 g/mol. The molecule has 0 heterocycles. The molecule has 2 aromatic rings. The van der Waals surface area contributed by atoms with E-state index in [1.54, 1.807) is 25.1 Å². The minimum absolute atomic E-state index is 0.00296. The van der Waals surface area contributed by atoms with Crippen LogP contribution in [0.15, 0.2) is 36.4 Å². The van der Waals surface area contributed by atoms with E-state index in [0.29, 0.717) is 12.4 Å². The van der Waals surface area contributed by atoms with Crippen molar-refractivity contribution in [3.63, 3.8) is 0 Å². The molecule has 0 saturated carbocycles. The zero-order valence-corrected chi connectivity index (χ0v) is 11.3. The van der Waals surface area contributed by atoms with Gasteiger partial charge in [0.1, 0.15) is 22.9 Å². The standard InChI is InChI=1S/C15H14F2N2O2/c1-2-21-13-5-3-4-12(18)14(13)15(20)19-11-7-9(16)6-10(17)8-11/h3-8H,2,18H2,1H3,(H,19,20). The van der Waals surface area contributed by atoms with Crippen molar-refractivity contribution in [3.8, 4) is 5.75 Å². The second-order valence-electron chi connectivity index (χ2n) is 4.27. The van der Waals surface area contributed by atoms with Crippen LogP contribution in [0.5, 0.6) is 5.75 Å². The summed E-state index contributed by atoms with van der Waals surface area (Å²) in [5.74, 6) is -1.85. The topological polar surface area (TPSA) is 64.3 Å². The van der Waals surface area contributed by atoms with Crippen LogP contribution in [0.4, 0.5) is 20.2 Å². The van der Waals surface area contributed by atoms with Gasteiger partial charge in [-0.2, -0.15) is 0 Å². The number of nitrogens with two attached hydrogens (primary N) is 1. The van der Waals surface area contributed by atoms with Crippen LogP contribution in [-0.2, 0) is 0 Å². The molecule has 6 heteroatoms. The van der Waals surface area contributed by atoms with E-state index in [-0.39, 0.29) is 16.9 Å². The fraction of sp³-hybridized carbons (Fsp3) is 0.133. The van der Waals surface area contributed by atoms with E-state index in [2.05, 4.69) is 5.32 Å². The Hall–Kier alpha value is -2.63. The third-order valence-corrected chi connectivity index (χ3v) is 2.71. The SMILES string of the molecule is CCOc1cccc(N)c1C(=O)Nc1cc(F)cc(F)c1. The minimum atomic E-state index is -0.781. The van der Waals surface area contributed by atoms with Crippen molar-refractivity contribution in [2.45, 2.75) is 6.92 Å². The Morgan fingerprint density at radius 2 is 1.90 bits per heavy atom. The van der Waals surface area contributed by atoms with Gasteiger partial charge in [-0.1, -0.05) is 6.07 Å². The van der Waals surface area contributed by atoms with Crippen molar-refractivity contribution in [2.75, 3.05) is 17.7 Å². The quantitative estimate of drug-likeness (QED) is 0.851. The number of carbonyl (C=O) groups excluding carboxylic acids is 1. The normalized spacial score (nSPS) is 10.2. The number of anilines is 2. The first-order valence-corrected chi connectivity index (χ1v) is 6.30. The average molecular weight is 292 g/mol. The Balaban J connectivity index is 2.32. The molecule has 3 N–H and O–H groups in total. The fourth-order valence-electron chi connectivity index (χ4n) is 1.89. The van der Waals surface area contributed by atoms with Gasteiger partial charge < -0.3 is 15.8 Å². The van der Waals surface area contributed by atoms with E-state index in [1.807, 2.05) is 0 Å². The van der Waals surface area contributed by atoms with Crippen molar-refractivity contribution < 1.29 is 18.3 Å². The molecular weight excluding hydrogens is 278 g/mol. The molecule has 0 radical (unpaired) electrons. The van der Waals surface area contributed by atoms with Gasteiger partial charge in [0, 0.05) is 17.4 Å². The molecule has 0 aliphatic carbocycles. The zero-order chi connectivity index (χ0) is 15.4. The highest BCUT2D eigenvalue weighted by Gasteiger charge is 2.16. The van der Waals surface area contributed by atoms with Crippen LogP contribution in [-0.4, -0.2) is 12.5 Å². The van der Waals surface area contributed by atoms with E-state index in [1.165, 1.54) is 0 Å². The van der Waals surface area contributed by atoms with Crippen LogP contribution in [0.2, 0.25) is 0 Å². The summed E-state index contributed by atoms with van der Waals surface area (Å²) in [5, 5.41) is 2.40. The second kappa shape index (κ2) is 6.21. The summed E-state index contributed by atoms with van der Waals surface area (Å²) in [4.78, 5) is 12.2. The maximum atomic E-state index is 13.1. The first-order valence-electron chi connectivity index (χ1n) is 6.30. The molecule has 2 rings (SSSR count). The van der Waals surface area contributed by atoms with Crippen LogP contribution < -0.4 is 15.8 Å². The highest BCUT2D eigenvalue weighted by molar-refractivity contribution is 6.09. The molecule has 0 fully saturated rings. The van der Waals surface area contributed by atoms with Crippen molar-refractivity contribution in [2.24, 2.45) is 0 Å². The number of nitrogen functional groups attached to an aromatic ring is 1. The average Bonchev–Trinajstić information content (AvgIpc) is 2.37. The van der Waals surface area contributed by atoms with Gasteiger partial charge in [0.15, 0.2) is 0 Å². The molecule has 0 saturated heterocycles. The molecule has 2 aromatic carbocycles. The highest BCUT2D eigenvalue weighted by atomic mass is 19.1. The number of hydrogen-bond donors (Lipinski definition) is 2. The summed E-state index contributed by atoms with van der Waals surface area (Å²) in [6.45, 7) is 2.13. The molecule has 0 aromatic heterocycles. The third kappa shape index (κ3) is 3.47. The Morgan fingerprint density at radius 1 is 1.24 bits per heavy atom. The lowest BCUT2D eigenvalue weighted by atomic mass is 10.1. The fourth-order valence-corrected chi connectivity index (χ4v) is 1.89. The summed E-state index contributed by atoms with van der Waals surface area (Å²) in [7, 11) is 0. The Kier molecular flexibility index (Phi) is 4.37. The van der Waals surface area contributed by atoms with E-state index in [9.17, 15) is 13.6 Å². The minimum Gasteiger partial charge on any atom is -0.493 e. The van der Waals surface area contributed by atoms with Crippen LogP contribution in [0.25, 0.3) is 0 Å². The molecule has 4 nitrogen and oxygen atoms in total. The van der Waals surface area contributed by atoms with E-state index >= 15 is 0 Å². The maximum Gasteiger partial charge on any atom is 0.261 e. The van der Waals surface area contributed by atoms with Gasteiger partial charge in [-0.25, -0.2) is 8.78 Å². The number of benzene rings is 2. The predicted molar refractivity (Wildman–Crippen MR) is 76.3 cm³/mol. The zero-order valence-electron chi connectivity index (χ0n) is 11.3. The van der Waals surface area contributed by atoms with Gasteiger partial charge in [0.05, 0.1) is 6.61 Å². The number of ether oxygens (including phenoxy) is 1. The molecule has 0 aliphatic heterocycles. The largest absolute Gasteiger partial charge is 0.493 e. The molecule has 0 aliphatic rings. The Morgan fingerprint density at radius 3 is 2.52 bits per heavy atom. The van der Waals surface area contributed by atoms with Gasteiger partial charge in [-0.3, -0.25) is 4.79 Å². The lowest BCUT2D eigenvalue weighted by Crippen LogP contribution is -2.16. The molecule has 0 atom stereocenters. The van der Waals surface area contributed by atoms with Crippen molar-refractivity contribution in [3.05, 3.63) is 53.6 Å². The summed E-state index contributed by atoms with van der Waals surface area (Å²) in [6, 6.07) is 7.54. The van der Waals surface area contributed by atoms with Crippen molar-refractivity contribution >= 4 is 17.3 Å². The number of nitrogens with one attached hydrogen (secondary N) is 1. The van der Waals surface area contributed by atoms with E-state index in [0.717, 1.165) is 18.2 Å². The maximum absolute atomic E-state index is 13.1. The molecular formula is C15H14F2N2O2. The van der Waals surface area contributed by atoms with Gasteiger partial charge in [0.2, 0.25) is 0 Å². The predicted octanol–water partition coefficient (Wildman–Crippen LogP) is 3.20. The molecule has 21 heavy (non-hydrogen) atoms. The van der Waals surface area contributed by atoms with Crippen molar-refractivity contribution in [1.29, 1.82) is 0 Å². The molecule has 0 bridgehead atoms. The summed E-state index contributed by atoms with van der Waals surface area (Å²) >= 11 is 0. The molecule has 110 valence electrons. The van der Waals surface area contributed by atoms with Gasteiger partial charge in [0.25, 0.3) is 5.91 Å². The van der Waals surface area contributed by atoms with Crippen LogP contribution in [0.3, 0.4) is 0 Å². The summed E-state index contributed by atoms with van der Waals surface area (Å²) in [5.41, 5.74) is 6.13. The Bertz CT molecular complexity index is 654. The van der Waals surface area contributed by atoms with E-state index in [4.69, 9.17) is 10.5 Å². The number of hydrogen-bond acceptors (Lipinski definition) is 3. The molecule has 0 unspecified atom stereocenters. The number of amides is 1. The lowest BCUT2D eigenvalue weighted by Gasteiger charge is -2.12. The molecule has 1 amide bonds. The van der Waals surface area contributed by atoms with Crippen LogP contribution >= 0.6 is 0 Å². The first-order chi connectivity index (χ1) is 10.0. The first kappa shape index (κ1) is 14.8. The van der Waals surface area contributed by atoms with Gasteiger partial charge >= 0.3 is 0 Å². The number of halogens is 2. The number of carbonyl (C=O) groups is 1. The van der Waals surface area contributed by atoms with Crippen LogP contribution in [0, 0.1) is 11.6 Å². The van der Waals surface area contributed by atoms with Gasteiger partial charge in [-0.15, -0.1) is 0 Å². The van der Waals surface area contributed by atoms with Crippen LogP contribution in [0.1, 0.15) is 17.3 Å². The van der Waals surface area contributed by atoms with Crippen molar-refractivity contribution in [1.82, 2.24) is 0 Å². The number of rotatable bonds is 4. The third-order valence-electron chi connectivity index (χ3n) is 2.71. The van der Waals surface area contributed by atoms with Gasteiger partial charge in [-0.05, 0) is 31.2 Å². The highest BCUT2D eigenvalue weighted by Crippen LogP contribution is 2.26. The smallest absolute Gasteiger partial charge is 0.261 e. The second-order valence-corrected chi connectivity index (χ2v) is 4.27. The lowest BCUT2D eigenvalue weighted by molar-refractivity contribution is 0.102. The summed E-state index contributed by atoms with van der Waals surface area (Å²) < 4.78 is 31.6. The summed E-state index contributed by atoms with van der Waals surface area (Å²) in [6.07, 6.45) is 0. The Labute approximate surface area is 120 Å². The van der Waals surface area contributed by atoms with E-state index < -0.39 is 17.5 Å².